The third kappa shape index (κ3) is 2.32. The second kappa shape index (κ2) is 4.23. The maximum absolute atomic E-state index is 11.3. The highest BCUT2D eigenvalue weighted by atomic mass is 16.4. The van der Waals surface area contributed by atoms with Gasteiger partial charge in [0.05, 0.1) is 6.54 Å². The Morgan fingerprint density at radius 3 is 2.86 bits per heavy atom. The molecule has 1 heterocycles. The van der Waals surface area contributed by atoms with Crippen molar-refractivity contribution in [2.24, 2.45) is 5.92 Å². The first-order valence-corrected chi connectivity index (χ1v) is 4.35. The van der Waals surface area contributed by atoms with Crippen LogP contribution in [0, 0.1) is 5.92 Å². The van der Waals surface area contributed by atoms with Crippen LogP contribution < -0.4 is 0 Å². The van der Waals surface area contributed by atoms with Gasteiger partial charge in [-0.25, -0.2) is 4.79 Å². The third-order valence-electron chi connectivity index (χ3n) is 2.26. The van der Waals surface area contributed by atoms with Crippen molar-refractivity contribution in [1.82, 2.24) is 4.90 Å². The van der Waals surface area contributed by atoms with Crippen molar-refractivity contribution in [1.29, 1.82) is 0 Å². The van der Waals surface area contributed by atoms with Crippen molar-refractivity contribution >= 4 is 11.9 Å². The van der Waals surface area contributed by atoms with Crippen LogP contribution >= 0.6 is 0 Å². The quantitative estimate of drug-likeness (QED) is 0.596. The van der Waals surface area contributed by atoms with Crippen molar-refractivity contribution < 1.29 is 19.8 Å². The Hall–Kier alpha value is -1.36. The van der Waals surface area contributed by atoms with E-state index >= 15 is 0 Å². The van der Waals surface area contributed by atoms with Crippen LogP contribution in [-0.2, 0) is 9.59 Å². The lowest BCUT2D eigenvalue weighted by atomic mass is 10.1. The smallest absolute Gasteiger partial charge is 0.334 e. The van der Waals surface area contributed by atoms with Crippen molar-refractivity contribution in [2.75, 3.05) is 13.1 Å². The number of aliphatic carboxylic acids is 1. The molecule has 0 bridgehead atoms. The van der Waals surface area contributed by atoms with Crippen LogP contribution in [0.2, 0.25) is 0 Å². The number of carboxylic acid groups (broad SMARTS) is 1. The molecule has 0 aromatic rings. The molecule has 14 heavy (non-hydrogen) atoms. The molecule has 1 rings (SSSR count). The van der Waals surface area contributed by atoms with E-state index in [1.54, 1.807) is 6.08 Å². The molecule has 1 saturated heterocycles. The lowest BCUT2D eigenvalue weighted by Gasteiger charge is -2.17. The van der Waals surface area contributed by atoms with Crippen molar-refractivity contribution in [3.63, 3.8) is 0 Å². The first-order chi connectivity index (χ1) is 6.54. The van der Waals surface area contributed by atoms with Gasteiger partial charge in [-0.2, -0.15) is 0 Å². The van der Waals surface area contributed by atoms with Gasteiger partial charge in [0.1, 0.15) is 0 Å². The van der Waals surface area contributed by atoms with E-state index < -0.39 is 12.1 Å². The predicted molar refractivity (Wildman–Crippen MR) is 48.5 cm³/mol. The summed E-state index contributed by atoms with van der Waals surface area (Å²) in [7, 11) is 0. The van der Waals surface area contributed by atoms with Crippen molar-refractivity contribution in [2.45, 2.75) is 12.5 Å². The Morgan fingerprint density at radius 1 is 1.79 bits per heavy atom. The Bertz CT molecular complexity index is 264. The zero-order valence-electron chi connectivity index (χ0n) is 7.72. The van der Waals surface area contributed by atoms with Gasteiger partial charge < -0.3 is 15.1 Å². The standard InChI is InChI=1S/C9H13NO4/c1-2-6-3-8(12)10(4-6)5-7(11)9(13)14/h2,6-7,11H,1,3-5H2,(H,13,14). The lowest BCUT2D eigenvalue weighted by molar-refractivity contribution is -0.148. The zero-order valence-corrected chi connectivity index (χ0v) is 7.72. The molecule has 2 unspecified atom stereocenters. The monoisotopic (exact) mass is 199 g/mol. The van der Waals surface area contributed by atoms with Crippen LogP contribution in [0.3, 0.4) is 0 Å². The Kier molecular flexibility index (Phi) is 3.24. The number of aliphatic hydroxyl groups is 1. The van der Waals surface area contributed by atoms with E-state index in [1.165, 1.54) is 4.90 Å². The van der Waals surface area contributed by atoms with Crippen LogP contribution in [0.5, 0.6) is 0 Å². The molecule has 1 amide bonds. The van der Waals surface area contributed by atoms with Crippen LogP contribution in [0.1, 0.15) is 6.42 Å². The molecule has 0 saturated carbocycles. The summed E-state index contributed by atoms with van der Waals surface area (Å²) in [6.07, 6.45) is 0.531. The molecule has 0 aromatic heterocycles. The molecular formula is C9H13NO4. The molecule has 0 aliphatic carbocycles. The number of nitrogens with zero attached hydrogens (tertiary/aromatic N) is 1. The van der Waals surface area contributed by atoms with Gasteiger partial charge >= 0.3 is 5.97 Å². The lowest BCUT2D eigenvalue weighted by Crippen LogP contribution is -2.37. The number of carboxylic acids is 1. The van der Waals surface area contributed by atoms with Crippen LogP contribution in [0.4, 0.5) is 0 Å². The number of carbonyl (C=O) groups excluding carboxylic acids is 1. The topological polar surface area (TPSA) is 77.8 Å². The van der Waals surface area contributed by atoms with Crippen LogP contribution in [0.15, 0.2) is 12.7 Å². The van der Waals surface area contributed by atoms with Gasteiger partial charge in [0, 0.05) is 18.9 Å². The first-order valence-electron chi connectivity index (χ1n) is 4.35. The summed E-state index contributed by atoms with van der Waals surface area (Å²) < 4.78 is 0. The van der Waals surface area contributed by atoms with E-state index in [4.69, 9.17) is 10.2 Å². The molecule has 2 N–H and O–H groups in total. The average Bonchev–Trinajstić information content (AvgIpc) is 2.47. The molecule has 5 heteroatoms. The largest absolute Gasteiger partial charge is 0.479 e. The maximum atomic E-state index is 11.3. The fourth-order valence-corrected chi connectivity index (χ4v) is 1.42. The summed E-state index contributed by atoms with van der Waals surface area (Å²) in [6.45, 7) is 3.88. The molecule has 0 spiro atoms. The number of carbonyl (C=O) groups is 2. The Balaban J connectivity index is 2.50. The second-order valence-corrected chi connectivity index (χ2v) is 3.35. The number of hydrogen-bond acceptors (Lipinski definition) is 3. The molecule has 0 radical (unpaired) electrons. The number of likely N-dealkylation sites (tertiary alicyclic amines) is 1. The highest BCUT2D eigenvalue weighted by Gasteiger charge is 2.30. The van der Waals surface area contributed by atoms with Gasteiger partial charge in [-0.15, -0.1) is 6.58 Å². The number of hydrogen-bond donors (Lipinski definition) is 2. The second-order valence-electron chi connectivity index (χ2n) is 3.35. The third-order valence-corrected chi connectivity index (χ3v) is 2.26. The van der Waals surface area contributed by atoms with Gasteiger partial charge in [0.15, 0.2) is 6.10 Å². The Labute approximate surface area is 81.6 Å². The van der Waals surface area contributed by atoms with Gasteiger partial charge in [0.25, 0.3) is 0 Å². The van der Waals surface area contributed by atoms with E-state index in [2.05, 4.69) is 6.58 Å². The van der Waals surface area contributed by atoms with E-state index in [9.17, 15) is 9.59 Å². The van der Waals surface area contributed by atoms with E-state index in [1.807, 2.05) is 0 Å². The summed E-state index contributed by atoms with van der Waals surface area (Å²) in [4.78, 5) is 23.0. The molecule has 2 atom stereocenters. The molecule has 0 aromatic carbocycles. The Morgan fingerprint density at radius 2 is 2.43 bits per heavy atom. The zero-order chi connectivity index (χ0) is 10.7. The fourth-order valence-electron chi connectivity index (χ4n) is 1.42. The summed E-state index contributed by atoms with van der Waals surface area (Å²) in [5, 5.41) is 17.5. The fraction of sp³-hybridized carbons (Fsp3) is 0.556. The number of rotatable bonds is 4. The summed E-state index contributed by atoms with van der Waals surface area (Å²) in [5.41, 5.74) is 0. The minimum Gasteiger partial charge on any atom is -0.479 e. The maximum Gasteiger partial charge on any atom is 0.334 e. The molecule has 1 fully saturated rings. The SMILES string of the molecule is C=CC1CC(=O)N(CC(O)C(=O)O)C1. The van der Waals surface area contributed by atoms with Crippen molar-refractivity contribution in [3.8, 4) is 0 Å². The van der Waals surface area contributed by atoms with Crippen molar-refractivity contribution in [3.05, 3.63) is 12.7 Å². The molecule has 1 aliphatic rings. The molecular weight excluding hydrogens is 186 g/mol. The van der Waals surface area contributed by atoms with Gasteiger partial charge in [0.2, 0.25) is 5.91 Å². The van der Waals surface area contributed by atoms with E-state index in [-0.39, 0.29) is 18.4 Å². The molecule has 1 aliphatic heterocycles. The summed E-state index contributed by atoms with van der Waals surface area (Å²) >= 11 is 0. The van der Waals surface area contributed by atoms with E-state index in [0.29, 0.717) is 13.0 Å². The number of β-amino-alcohol motifs (C(OH)–C–C–N with tert-alkyl or cyclic N) is 1. The molecule has 5 nitrogen and oxygen atoms in total. The average molecular weight is 199 g/mol. The highest BCUT2D eigenvalue weighted by molar-refractivity contribution is 5.80. The van der Waals surface area contributed by atoms with Crippen LogP contribution in [-0.4, -0.2) is 46.2 Å². The molecule has 78 valence electrons. The summed E-state index contributed by atoms with van der Waals surface area (Å²) in [6, 6.07) is 0. The van der Waals surface area contributed by atoms with E-state index in [0.717, 1.165) is 0 Å². The van der Waals surface area contributed by atoms with Crippen LogP contribution in [0.25, 0.3) is 0 Å². The predicted octanol–water partition coefficient (Wildman–Crippen LogP) is -0.534. The minimum absolute atomic E-state index is 0.0727. The van der Waals surface area contributed by atoms with Gasteiger partial charge in [-0.05, 0) is 0 Å². The highest BCUT2D eigenvalue weighted by Crippen LogP contribution is 2.18. The number of amides is 1. The minimum atomic E-state index is -1.50. The summed E-state index contributed by atoms with van der Waals surface area (Å²) in [5.74, 6) is -1.36. The van der Waals surface area contributed by atoms with Gasteiger partial charge in [-0.3, -0.25) is 4.79 Å². The normalized spacial score (nSPS) is 23.6. The van der Waals surface area contributed by atoms with Gasteiger partial charge in [-0.1, -0.05) is 6.08 Å². The number of aliphatic hydroxyl groups excluding tert-OH is 1. The first kappa shape index (κ1) is 10.7.